The minimum atomic E-state index is -0.684. The van der Waals surface area contributed by atoms with Crippen LogP contribution in [0.15, 0.2) is 42.7 Å². The molecule has 112 valence electrons. The van der Waals surface area contributed by atoms with Crippen molar-refractivity contribution in [3.05, 3.63) is 48.3 Å². The summed E-state index contributed by atoms with van der Waals surface area (Å²) >= 11 is 0. The summed E-state index contributed by atoms with van der Waals surface area (Å²) in [5.74, 6) is -0.0948. The quantitative estimate of drug-likeness (QED) is 0.886. The fourth-order valence-electron chi connectivity index (χ4n) is 2.20. The number of hydrogen-bond acceptors (Lipinski definition) is 3. The van der Waals surface area contributed by atoms with Crippen LogP contribution in [0.3, 0.4) is 0 Å². The van der Waals surface area contributed by atoms with Gasteiger partial charge in [-0.15, -0.1) is 0 Å². The second-order valence-corrected chi connectivity index (χ2v) is 5.10. The van der Waals surface area contributed by atoms with Crippen LogP contribution >= 0.6 is 0 Å². The van der Waals surface area contributed by atoms with Crippen LogP contribution in [-0.4, -0.2) is 22.2 Å². The molecule has 0 aliphatic carbocycles. The molecule has 0 spiro atoms. The largest absolute Gasteiger partial charge is 0.316 e. The normalized spacial score (nSPS) is 12.1. The summed E-state index contributed by atoms with van der Waals surface area (Å²) < 4.78 is 1.65. The third-order valence-electron chi connectivity index (χ3n) is 3.42. The van der Waals surface area contributed by atoms with Gasteiger partial charge in [-0.05, 0) is 18.6 Å². The zero-order chi connectivity index (χ0) is 15.2. The Balaban J connectivity index is 2.21. The molecule has 2 N–H and O–H groups in total. The first-order valence-corrected chi connectivity index (χ1v) is 7.24. The van der Waals surface area contributed by atoms with Crippen molar-refractivity contribution in [1.82, 2.24) is 9.78 Å². The molecule has 1 unspecified atom stereocenters. The molecule has 0 aliphatic rings. The molecule has 1 heterocycles. The monoisotopic (exact) mass is 286 g/mol. The summed E-state index contributed by atoms with van der Waals surface area (Å²) in [5, 5.41) is 4.08. The highest BCUT2D eigenvalue weighted by Gasteiger charge is 2.24. The third-order valence-corrected chi connectivity index (χ3v) is 3.42. The van der Waals surface area contributed by atoms with Gasteiger partial charge in [0.25, 0.3) is 0 Å². The van der Waals surface area contributed by atoms with Gasteiger partial charge in [0.15, 0.2) is 0 Å². The molecular weight excluding hydrogens is 264 g/mol. The van der Waals surface area contributed by atoms with Gasteiger partial charge >= 0.3 is 0 Å². The summed E-state index contributed by atoms with van der Waals surface area (Å²) in [5.41, 5.74) is 7.74. The number of rotatable bonds is 6. The molecule has 21 heavy (non-hydrogen) atoms. The minimum Gasteiger partial charge on any atom is -0.316 e. The molecule has 1 amide bonds. The average molecular weight is 286 g/mol. The smallest absolute Gasteiger partial charge is 0.248 e. The molecule has 2 aromatic rings. The molecule has 1 aromatic carbocycles. The second kappa shape index (κ2) is 7.04. The van der Waals surface area contributed by atoms with Crippen molar-refractivity contribution in [1.29, 1.82) is 0 Å². The third kappa shape index (κ3) is 3.70. The molecule has 1 atom stereocenters. The van der Waals surface area contributed by atoms with Crippen LogP contribution in [0.4, 0.5) is 5.69 Å². The van der Waals surface area contributed by atoms with Gasteiger partial charge in [0, 0.05) is 31.0 Å². The van der Waals surface area contributed by atoms with Crippen molar-refractivity contribution >= 4 is 11.6 Å². The Hall–Kier alpha value is -2.14. The zero-order valence-corrected chi connectivity index (χ0v) is 12.6. The predicted octanol–water partition coefficient (Wildman–Crippen LogP) is 2.25. The number of nitrogens with zero attached hydrogens (tertiary/aromatic N) is 3. The number of carbonyl (C=O) groups excluding carboxylic acids is 1. The van der Waals surface area contributed by atoms with E-state index in [9.17, 15) is 4.79 Å². The number of nitrogens with two attached hydrogens (primary N) is 1. The maximum Gasteiger partial charge on any atom is 0.248 e. The number of hydrogen-bond donors (Lipinski definition) is 1. The Morgan fingerprint density at radius 1 is 1.38 bits per heavy atom. The number of amides is 1. The average Bonchev–Trinajstić information content (AvgIpc) is 2.94. The van der Waals surface area contributed by atoms with Gasteiger partial charge in [-0.25, -0.2) is 0 Å². The van der Waals surface area contributed by atoms with Crippen LogP contribution < -0.4 is 10.6 Å². The van der Waals surface area contributed by atoms with Crippen molar-refractivity contribution in [3.63, 3.8) is 0 Å². The van der Waals surface area contributed by atoms with Gasteiger partial charge in [-0.3, -0.25) is 9.48 Å². The Kier molecular flexibility index (Phi) is 5.11. The summed E-state index contributed by atoms with van der Waals surface area (Å²) in [4.78, 5) is 14.5. The van der Waals surface area contributed by atoms with Crippen LogP contribution in [0.5, 0.6) is 0 Å². The first-order chi connectivity index (χ1) is 10.1. The minimum absolute atomic E-state index is 0.0948. The maximum absolute atomic E-state index is 12.7. The lowest BCUT2D eigenvalue weighted by molar-refractivity contribution is -0.120. The highest BCUT2D eigenvalue weighted by atomic mass is 16.2. The van der Waals surface area contributed by atoms with Gasteiger partial charge in [0.05, 0.1) is 6.20 Å². The van der Waals surface area contributed by atoms with Crippen molar-refractivity contribution in [2.75, 3.05) is 11.4 Å². The van der Waals surface area contributed by atoms with Gasteiger partial charge in [-0.2, -0.15) is 5.10 Å². The van der Waals surface area contributed by atoms with E-state index in [4.69, 9.17) is 5.73 Å². The molecule has 5 heteroatoms. The number of unbranched alkanes of at least 4 members (excludes halogenated alkanes) is 1. The zero-order valence-electron chi connectivity index (χ0n) is 12.6. The molecule has 0 saturated carbocycles. The lowest BCUT2D eigenvalue weighted by Gasteiger charge is -2.25. The van der Waals surface area contributed by atoms with E-state index < -0.39 is 6.04 Å². The molecule has 0 bridgehead atoms. The van der Waals surface area contributed by atoms with Crippen LogP contribution in [0.25, 0.3) is 0 Å². The van der Waals surface area contributed by atoms with E-state index in [0.29, 0.717) is 6.54 Å². The van der Waals surface area contributed by atoms with E-state index >= 15 is 0 Å². The lowest BCUT2D eigenvalue weighted by atomic mass is 10.1. The topological polar surface area (TPSA) is 64.2 Å². The number of para-hydroxylation sites is 1. The first kappa shape index (κ1) is 15.3. The Morgan fingerprint density at radius 3 is 2.67 bits per heavy atom. The summed E-state index contributed by atoms with van der Waals surface area (Å²) in [6.07, 6.45) is 5.40. The van der Waals surface area contributed by atoms with Gasteiger partial charge < -0.3 is 10.6 Å². The molecule has 0 radical (unpaired) electrons. The van der Waals surface area contributed by atoms with Crippen molar-refractivity contribution < 1.29 is 4.79 Å². The van der Waals surface area contributed by atoms with E-state index in [2.05, 4.69) is 12.0 Å². The molecule has 0 saturated heterocycles. The molecule has 2 rings (SSSR count). The summed E-state index contributed by atoms with van der Waals surface area (Å²) in [7, 11) is 1.81. The second-order valence-electron chi connectivity index (χ2n) is 5.10. The number of anilines is 1. The van der Waals surface area contributed by atoms with Gasteiger partial charge in [0.1, 0.15) is 6.04 Å². The van der Waals surface area contributed by atoms with Gasteiger partial charge in [-0.1, -0.05) is 31.5 Å². The number of carbonyl (C=O) groups is 1. The first-order valence-electron chi connectivity index (χ1n) is 7.24. The Labute approximate surface area is 125 Å². The predicted molar refractivity (Wildman–Crippen MR) is 83.8 cm³/mol. The number of aromatic nitrogens is 2. The highest BCUT2D eigenvalue weighted by molar-refractivity contribution is 5.97. The lowest BCUT2D eigenvalue weighted by Crippen LogP contribution is -2.39. The number of aryl methyl sites for hydroxylation is 1. The van der Waals surface area contributed by atoms with E-state index in [0.717, 1.165) is 24.1 Å². The standard InChI is InChI=1S/C16H22N4O/c1-3-4-10-20(14-8-6-5-7-9-14)16(21)15(17)13-11-18-19(2)12-13/h5-9,11-12,15H,3-4,10,17H2,1-2H3. The van der Waals surface area contributed by atoms with Crippen LogP contribution in [0.1, 0.15) is 31.4 Å². The Morgan fingerprint density at radius 2 is 2.10 bits per heavy atom. The molecule has 0 aliphatic heterocycles. The summed E-state index contributed by atoms with van der Waals surface area (Å²) in [6, 6.07) is 8.98. The molecular formula is C16H22N4O. The highest BCUT2D eigenvalue weighted by Crippen LogP contribution is 2.20. The van der Waals surface area contributed by atoms with Crippen LogP contribution in [-0.2, 0) is 11.8 Å². The van der Waals surface area contributed by atoms with Crippen molar-refractivity contribution in [2.24, 2.45) is 12.8 Å². The van der Waals surface area contributed by atoms with E-state index in [-0.39, 0.29) is 5.91 Å². The maximum atomic E-state index is 12.7. The number of benzene rings is 1. The van der Waals surface area contributed by atoms with E-state index in [1.54, 1.807) is 22.0 Å². The SMILES string of the molecule is CCCCN(C(=O)C(N)c1cnn(C)c1)c1ccccc1. The molecule has 0 fully saturated rings. The van der Waals surface area contributed by atoms with Crippen LogP contribution in [0, 0.1) is 0 Å². The molecule has 1 aromatic heterocycles. The Bertz CT molecular complexity index is 579. The van der Waals surface area contributed by atoms with Crippen LogP contribution in [0.2, 0.25) is 0 Å². The van der Waals surface area contributed by atoms with Crippen molar-refractivity contribution in [2.45, 2.75) is 25.8 Å². The molecule has 5 nitrogen and oxygen atoms in total. The fourth-order valence-corrected chi connectivity index (χ4v) is 2.20. The van der Waals surface area contributed by atoms with Gasteiger partial charge in [0.2, 0.25) is 5.91 Å². The van der Waals surface area contributed by atoms with E-state index in [1.165, 1.54) is 0 Å². The van der Waals surface area contributed by atoms with Crippen molar-refractivity contribution in [3.8, 4) is 0 Å². The fraction of sp³-hybridized carbons (Fsp3) is 0.375. The summed E-state index contributed by atoms with van der Waals surface area (Å²) in [6.45, 7) is 2.78. The van der Waals surface area contributed by atoms with E-state index in [1.807, 2.05) is 37.4 Å².